The number of nitrogens with zero attached hydrogens (tertiary/aromatic N) is 1. The molecule has 0 bridgehead atoms. The van der Waals surface area contributed by atoms with E-state index in [2.05, 4.69) is 97.6 Å². The number of carboxylic acids is 1. The van der Waals surface area contributed by atoms with Crippen LogP contribution < -0.4 is 4.74 Å². The maximum absolute atomic E-state index is 11.2. The van der Waals surface area contributed by atoms with E-state index < -0.39 is 5.97 Å². The van der Waals surface area contributed by atoms with Gasteiger partial charge < -0.3 is 9.84 Å². The molecule has 0 heterocycles. The van der Waals surface area contributed by atoms with E-state index in [0.29, 0.717) is 0 Å². The molecular formula is C36H39NO3. The van der Waals surface area contributed by atoms with Gasteiger partial charge in [0.05, 0.1) is 13.5 Å². The second kappa shape index (κ2) is 14.3. The predicted octanol–water partition coefficient (Wildman–Crippen LogP) is 7.76. The van der Waals surface area contributed by atoms with Crippen LogP contribution in [-0.4, -0.2) is 36.2 Å². The Bertz CT molecular complexity index is 1360. The van der Waals surface area contributed by atoms with E-state index in [1.807, 2.05) is 30.3 Å². The molecule has 0 spiro atoms. The summed E-state index contributed by atoms with van der Waals surface area (Å²) in [6.07, 6.45) is 3.16. The normalized spacial score (nSPS) is 11.7. The van der Waals surface area contributed by atoms with Crippen LogP contribution in [0, 0.1) is 6.92 Å². The minimum atomic E-state index is -0.809. The number of ether oxygens (including phenoxy) is 1. The maximum atomic E-state index is 11.2. The second-order valence-electron chi connectivity index (χ2n) is 10.5. The predicted molar refractivity (Wildman–Crippen MR) is 164 cm³/mol. The smallest absolute Gasteiger partial charge is 0.307 e. The van der Waals surface area contributed by atoms with Crippen LogP contribution in [0.3, 0.4) is 0 Å². The minimum absolute atomic E-state index is 0.0379. The lowest BCUT2D eigenvalue weighted by Gasteiger charge is -2.29. The highest BCUT2D eigenvalue weighted by Crippen LogP contribution is 2.27. The van der Waals surface area contributed by atoms with Gasteiger partial charge in [0.2, 0.25) is 0 Å². The molecule has 0 aliphatic heterocycles. The van der Waals surface area contributed by atoms with Crippen molar-refractivity contribution in [1.82, 2.24) is 4.90 Å². The van der Waals surface area contributed by atoms with Crippen LogP contribution in [0.5, 0.6) is 5.75 Å². The Morgan fingerprint density at radius 1 is 0.875 bits per heavy atom. The quantitative estimate of drug-likeness (QED) is 0.191. The first-order valence-electron chi connectivity index (χ1n) is 13.8. The van der Waals surface area contributed by atoms with Crippen LogP contribution >= 0.6 is 0 Å². The molecule has 0 fully saturated rings. The van der Waals surface area contributed by atoms with Crippen LogP contribution in [0.2, 0.25) is 0 Å². The summed E-state index contributed by atoms with van der Waals surface area (Å²) in [4.78, 5) is 13.8. The molecule has 4 aromatic rings. The molecule has 0 saturated carbocycles. The van der Waals surface area contributed by atoms with E-state index in [9.17, 15) is 9.90 Å². The number of benzene rings is 4. The molecule has 0 aliphatic rings. The Morgan fingerprint density at radius 3 is 2.05 bits per heavy atom. The summed E-state index contributed by atoms with van der Waals surface area (Å²) < 4.78 is 5.38. The molecule has 206 valence electrons. The van der Waals surface area contributed by atoms with Crippen molar-refractivity contribution >= 4 is 12.0 Å². The summed E-state index contributed by atoms with van der Waals surface area (Å²) in [5.41, 5.74) is 8.21. The third kappa shape index (κ3) is 8.42. The van der Waals surface area contributed by atoms with Crippen LogP contribution in [0.4, 0.5) is 0 Å². The van der Waals surface area contributed by atoms with Gasteiger partial charge in [0.15, 0.2) is 0 Å². The summed E-state index contributed by atoms with van der Waals surface area (Å²) in [5.74, 6) is 0.303. The Balaban J connectivity index is 1.57. The third-order valence-electron chi connectivity index (χ3n) is 7.33. The summed E-state index contributed by atoms with van der Waals surface area (Å²) in [6, 6.07) is 35.8. The lowest BCUT2D eigenvalue weighted by molar-refractivity contribution is -0.136. The van der Waals surface area contributed by atoms with Crippen molar-refractivity contribution in [2.75, 3.05) is 20.2 Å². The number of aryl methyl sites for hydroxylation is 1. The van der Waals surface area contributed by atoms with E-state index in [1.165, 1.54) is 22.3 Å². The molecule has 0 amide bonds. The Hall–Kier alpha value is -4.15. The topological polar surface area (TPSA) is 49.8 Å². The summed E-state index contributed by atoms with van der Waals surface area (Å²) in [7, 11) is 1.69. The van der Waals surface area contributed by atoms with Gasteiger partial charge >= 0.3 is 5.97 Å². The van der Waals surface area contributed by atoms with Gasteiger partial charge in [-0.2, -0.15) is 0 Å². The fourth-order valence-corrected chi connectivity index (χ4v) is 5.06. The van der Waals surface area contributed by atoms with Crippen LogP contribution in [0.25, 0.3) is 6.08 Å². The van der Waals surface area contributed by atoms with E-state index >= 15 is 0 Å². The molecule has 0 atom stereocenters. The molecule has 40 heavy (non-hydrogen) atoms. The first-order chi connectivity index (χ1) is 19.4. The lowest BCUT2D eigenvalue weighted by Crippen LogP contribution is -2.30. The van der Waals surface area contributed by atoms with Gasteiger partial charge in [-0.15, -0.1) is 0 Å². The molecule has 4 aromatic carbocycles. The average Bonchev–Trinajstić information content (AvgIpc) is 2.97. The van der Waals surface area contributed by atoms with Gasteiger partial charge in [0.25, 0.3) is 0 Å². The molecule has 4 rings (SSSR count). The number of rotatable bonds is 13. The number of hydrogen-bond donors (Lipinski definition) is 1. The van der Waals surface area contributed by atoms with Crippen molar-refractivity contribution in [3.63, 3.8) is 0 Å². The number of carbonyl (C=O) groups is 1. The van der Waals surface area contributed by atoms with Gasteiger partial charge in [-0.05, 0) is 65.8 Å². The average molecular weight is 534 g/mol. The molecule has 0 saturated heterocycles. The van der Waals surface area contributed by atoms with E-state index in [4.69, 9.17) is 4.74 Å². The van der Waals surface area contributed by atoms with Gasteiger partial charge in [0, 0.05) is 25.6 Å². The molecule has 4 heteroatoms. The zero-order chi connectivity index (χ0) is 28.3. The Kier molecular flexibility index (Phi) is 10.3. The van der Waals surface area contributed by atoms with E-state index in [-0.39, 0.29) is 12.3 Å². The third-order valence-corrected chi connectivity index (χ3v) is 7.33. The molecule has 1 N–H and O–H groups in total. The van der Waals surface area contributed by atoms with Gasteiger partial charge in [0.1, 0.15) is 5.75 Å². The van der Waals surface area contributed by atoms with Crippen LogP contribution in [0.1, 0.15) is 52.6 Å². The number of hydrogen-bond acceptors (Lipinski definition) is 3. The van der Waals surface area contributed by atoms with Crippen molar-refractivity contribution in [2.24, 2.45) is 0 Å². The Morgan fingerprint density at radius 2 is 1.48 bits per heavy atom. The van der Waals surface area contributed by atoms with E-state index in [1.54, 1.807) is 7.11 Å². The molecule has 0 aliphatic carbocycles. The first-order valence-corrected chi connectivity index (χ1v) is 13.8. The minimum Gasteiger partial charge on any atom is -0.497 e. The van der Waals surface area contributed by atoms with Crippen molar-refractivity contribution in [1.29, 1.82) is 0 Å². The Labute approximate surface area is 238 Å². The van der Waals surface area contributed by atoms with E-state index in [0.717, 1.165) is 48.5 Å². The summed E-state index contributed by atoms with van der Waals surface area (Å²) in [5, 5.41) is 9.21. The first kappa shape index (κ1) is 28.8. The standard InChI is InChI=1S/C36H39NO3/c1-27(22-33-23-30(24-36(38)39)15-14-28(33)2)20-21-37(25-29-16-18-34(40-3)19-17-29)26-35(31-10-6-4-7-11-31)32-12-8-5-9-13-32/h4-19,22-23,35H,20-21,24-26H2,1-3H3,(H,38,39)/b27-22+. The van der Waals surface area contributed by atoms with Crippen LogP contribution in [0.15, 0.2) is 109 Å². The maximum Gasteiger partial charge on any atom is 0.307 e. The lowest BCUT2D eigenvalue weighted by atomic mass is 9.90. The summed E-state index contributed by atoms with van der Waals surface area (Å²) >= 11 is 0. The zero-order valence-electron chi connectivity index (χ0n) is 23.7. The molecule has 0 aromatic heterocycles. The largest absolute Gasteiger partial charge is 0.497 e. The fraction of sp³-hybridized carbons (Fsp3) is 0.250. The fourth-order valence-electron chi connectivity index (χ4n) is 5.06. The van der Waals surface area contributed by atoms with Crippen molar-refractivity contribution < 1.29 is 14.6 Å². The summed E-state index contributed by atoms with van der Waals surface area (Å²) in [6.45, 7) is 6.87. The van der Waals surface area contributed by atoms with Crippen molar-refractivity contribution in [3.8, 4) is 5.75 Å². The highest BCUT2D eigenvalue weighted by Gasteiger charge is 2.19. The molecular weight excluding hydrogens is 494 g/mol. The zero-order valence-corrected chi connectivity index (χ0v) is 23.7. The van der Waals surface area contributed by atoms with Gasteiger partial charge in [-0.1, -0.05) is 103 Å². The second-order valence-corrected chi connectivity index (χ2v) is 10.5. The molecule has 4 nitrogen and oxygen atoms in total. The molecule has 0 radical (unpaired) electrons. The van der Waals surface area contributed by atoms with Gasteiger partial charge in [-0.25, -0.2) is 0 Å². The molecule has 0 unspecified atom stereocenters. The number of methoxy groups -OCH3 is 1. The monoisotopic (exact) mass is 533 g/mol. The van der Waals surface area contributed by atoms with Crippen LogP contribution in [-0.2, 0) is 17.8 Å². The SMILES string of the molecule is COc1ccc(CN(CC/C(C)=C/c2cc(CC(=O)O)ccc2C)CC(c2ccccc2)c2ccccc2)cc1. The van der Waals surface area contributed by atoms with Gasteiger partial charge in [-0.3, -0.25) is 9.69 Å². The number of carboxylic acid groups (broad SMARTS) is 1. The van der Waals surface area contributed by atoms with Crippen molar-refractivity contribution in [3.05, 3.63) is 142 Å². The highest BCUT2D eigenvalue weighted by atomic mass is 16.5. The number of aliphatic carboxylic acids is 1. The highest BCUT2D eigenvalue weighted by molar-refractivity contribution is 5.71. The van der Waals surface area contributed by atoms with Crippen molar-refractivity contribution in [2.45, 2.75) is 39.2 Å².